The molecule has 0 aromatic heterocycles. The van der Waals surface area contributed by atoms with Crippen molar-refractivity contribution < 1.29 is 9.53 Å². The molecule has 23 heavy (non-hydrogen) atoms. The predicted molar refractivity (Wildman–Crippen MR) is 96.7 cm³/mol. The summed E-state index contributed by atoms with van der Waals surface area (Å²) in [5.74, 6) is -0.171. The lowest BCUT2D eigenvalue weighted by Crippen LogP contribution is -2.43. The van der Waals surface area contributed by atoms with Gasteiger partial charge in [0.05, 0.1) is 17.8 Å². The van der Waals surface area contributed by atoms with Crippen molar-refractivity contribution in [2.24, 2.45) is 0 Å². The molecule has 0 saturated heterocycles. The molecule has 2 aliphatic rings. The predicted octanol–water partition coefficient (Wildman–Crippen LogP) is 4.59. The van der Waals surface area contributed by atoms with E-state index in [1.165, 1.54) is 25.7 Å². The lowest BCUT2D eigenvalue weighted by atomic mass is 10.2. The normalized spacial score (nSPS) is 19.8. The standard InChI is InChI=1S/C18H26N2O2S/c1-17(2,3)22-16(21)12-18(23-13-8-4-5-9-13)19-14-10-6-7-11-15(14)20-18/h6-7,10-11,13,19-20H,4-5,8-9,12H2,1-3H3. The van der Waals surface area contributed by atoms with Crippen molar-refractivity contribution in [3.05, 3.63) is 24.3 Å². The molecule has 1 aliphatic carbocycles. The molecule has 0 radical (unpaired) electrons. The van der Waals surface area contributed by atoms with Crippen LogP contribution in [-0.2, 0) is 9.53 Å². The van der Waals surface area contributed by atoms with E-state index < -0.39 is 10.6 Å². The molecule has 3 rings (SSSR count). The Morgan fingerprint density at radius 2 is 1.78 bits per heavy atom. The van der Waals surface area contributed by atoms with E-state index >= 15 is 0 Å². The van der Waals surface area contributed by atoms with Gasteiger partial charge in [0.2, 0.25) is 0 Å². The van der Waals surface area contributed by atoms with Crippen LogP contribution in [0.25, 0.3) is 0 Å². The quantitative estimate of drug-likeness (QED) is 0.789. The number of carbonyl (C=O) groups excluding carboxylic acids is 1. The minimum Gasteiger partial charge on any atom is -0.460 e. The summed E-state index contributed by atoms with van der Waals surface area (Å²) in [5, 5.41) is 7.67. The SMILES string of the molecule is CC(C)(C)OC(=O)CC1(SC2CCCC2)Nc2ccccc2N1. The number of fused-ring (bicyclic) bond motifs is 1. The third-order valence-corrected chi connectivity index (χ3v) is 5.64. The van der Waals surface area contributed by atoms with E-state index in [1.54, 1.807) is 0 Å². The average Bonchev–Trinajstić information content (AvgIpc) is 3.03. The maximum absolute atomic E-state index is 12.4. The first-order valence-corrected chi connectivity index (χ1v) is 9.28. The highest BCUT2D eigenvalue weighted by molar-refractivity contribution is 8.01. The molecular weight excluding hydrogens is 308 g/mol. The second kappa shape index (κ2) is 6.27. The van der Waals surface area contributed by atoms with Crippen molar-refractivity contribution in [2.75, 3.05) is 10.6 Å². The van der Waals surface area contributed by atoms with Crippen molar-refractivity contribution in [1.82, 2.24) is 0 Å². The molecule has 126 valence electrons. The van der Waals surface area contributed by atoms with Crippen molar-refractivity contribution in [1.29, 1.82) is 0 Å². The van der Waals surface area contributed by atoms with E-state index in [0.29, 0.717) is 11.7 Å². The first kappa shape index (κ1) is 16.5. The minimum atomic E-state index is -0.499. The molecule has 2 N–H and O–H groups in total. The molecule has 0 bridgehead atoms. The molecule has 0 unspecified atom stereocenters. The van der Waals surface area contributed by atoms with Crippen molar-refractivity contribution >= 4 is 29.1 Å². The summed E-state index contributed by atoms with van der Waals surface area (Å²) in [4.78, 5) is 11.9. The average molecular weight is 334 g/mol. The number of anilines is 2. The Labute approximate surface area is 142 Å². The second-order valence-electron chi connectivity index (χ2n) is 7.41. The van der Waals surface area contributed by atoms with Gasteiger partial charge >= 0.3 is 5.97 Å². The van der Waals surface area contributed by atoms with Crippen LogP contribution in [0.3, 0.4) is 0 Å². The van der Waals surface area contributed by atoms with Gasteiger partial charge in [0.1, 0.15) is 5.60 Å². The van der Waals surface area contributed by atoms with Crippen LogP contribution in [0, 0.1) is 0 Å². The van der Waals surface area contributed by atoms with Crippen molar-refractivity contribution in [3.8, 4) is 0 Å². The maximum Gasteiger partial charge on any atom is 0.311 e. The zero-order valence-corrected chi connectivity index (χ0v) is 15.0. The highest BCUT2D eigenvalue weighted by Crippen LogP contribution is 2.46. The second-order valence-corrected chi connectivity index (χ2v) is 9.01. The summed E-state index contributed by atoms with van der Waals surface area (Å²) < 4.78 is 5.56. The Kier molecular flexibility index (Phi) is 4.50. The van der Waals surface area contributed by atoms with Gasteiger partial charge in [0, 0.05) is 5.25 Å². The molecule has 1 saturated carbocycles. The number of ether oxygens (including phenoxy) is 1. The van der Waals surface area contributed by atoms with E-state index in [4.69, 9.17) is 4.74 Å². The molecule has 1 aliphatic heterocycles. The van der Waals surface area contributed by atoms with Crippen LogP contribution >= 0.6 is 11.8 Å². The number of hydrogen-bond acceptors (Lipinski definition) is 5. The van der Waals surface area contributed by atoms with Gasteiger partial charge in [-0.1, -0.05) is 25.0 Å². The lowest BCUT2D eigenvalue weighted by Gasteiger charge is -2.33. The van der Waals surface area contributed by atoms with Gasteiger partial charge in [0.25, 0.3) is 0 Å². The van der Waals surface area contributed by atoms with Gasteiger partial charge in [-0.05, 0) is 45.7 Å². The molecule has 1 aromatic rings. The molecule has 5 heteroatoms. The summed E-state index contributed by atoms with van der Waals surface area (Å²) in [6.45, 7) is 5.73. The Balaban J connectivity index is 1.76. The van der Waals surface area contributed by atoms with E-state index in [0.717, 1.165) is 11.4 Å². The fourth-order valence-corrected chi connectivity index (χ4v) is 4.91. The highest BCUT2D eigenvalue weighted by Gasteiger charge is 2.42. The van der Waals surface area contributed by atoms with Gasteiger partial charge in [-0.25, -0.2) is 0 Å². The third-order valence-electron chi connectivity index (χ3n) is 4.08. The van der Waals surface area contributed by atoms with Gasteiger partial charge in [0.15, 0.2) is 4.99 Å². The van der Waals surface area contributed by atoms with E-state index in [2.05, 4.69) is 10.6 Å². The molecular formula is C18H26N2O2S. The smallest absolute Gasteiger partial charge is 0.311 e. The minimum absolute atomic E-state index is 0.171. The van der Waals surface area contributed by atoms with Crippen LogP contribution in [0.1, 0.15) is 52.9 Å². The molecule has 0 amide bonds. The Morgan fingerprint density at radius 3 is 2.30 bits per heavy atom. The third kappa shape index (κ3) is 4.14. The Bertz CT molecular complexity index is 552. The number of esters is 1. The molecule has 0 spiro atoms. The van der Waals surface area contributed by atoms with E-state index in [1.807, 2.05) is 56.8 Å². The number of benzene rings is 1. The summed E-state index contributed by atoms with van der Waals surface area (Å²) in [7, 11) is 0. The van der Waals surface area contributed by atoms with Crippen LogP contribution in [0.4, 0.5) is 11.4 Å². The molecule has 1 heterocycles. The van der Waals surface area contributed by atoms with Gasteiger partial charge in [-0.15, -0.1) is 11.8 Å². The van der Waals surface area contributed by atoms with Crippen LogP contribution < -0.4 is 10.6 Å². The van der Waals surface area contributed by atoms with Crippen LogP contribution in [-0.4, -0.2) is 21.8 Å². The van der Waals surface area contributed by atoms with Gasteiger partial charge in [-0.3, -0.25) is 4.79 Å². The van der Waals surface area contributed by atoms with Crippen molar-refractivity contribution in [2.45, 2.75) is 68.7 Å². The fraction of sp³-hybridized carbons (Fsp3) is 0.611. The Hall–Kier alpha value is -1.36. The maximum atomic E-state index is 12.4. The molecule has 1 fully saturated rings. The van der Waals surface area contributed by atoms with Gasteiger partial charge < -0.3 is 15.4 Å². The number of carbonyl (C=O) groups is 1. The first-order valence-electron chi connectivity index (χ1n) is 8.40. The van der Waals surface area contributed by atoms with Crippen LogP contribution in [0.15, 0.2) is 24.3 Å². The first-order chi connectivity index (χ1) is 10.9. The molecule has 1 aromatic carbocycles. The van der Waals surface area contributed by atoms with Crippen molar-refractivity contribution in [3.63, 3.8) is 0 Å². The summed E-state index contributed by atoms with van der Waals surface area (Å²) in [5.41, 5.74) is 1.66. The van der Waals surface area contributed by atoms with Crippen LogP contribution in [0.2, 0.25) is 0 Å². The summed E-state index contributed by atoms with van der Waals surface area (Å²) in [6.07, 6.45) is 5.32. The topological polar surface area (TPSA) is 50.4 Å². The van der Waals surface area contributed by atoms with Gasteiger partial charge in [-0.2, -0.15) is 0 Å². The fourth-order valence-electron chi connectivity index (χ4n) is 3.23. The van der Waals surface area contributed by atoms with E-state index in [9.17, 15) is 4.79 Å². The lowest BCUT2D eigenvalue weighted by molar-refractivity contribution is -0.155. The number of hydrogen-bond donors (Lipinski definition) is 2. The number of thioether (sulfide) groups is 1. The summed E-state index contributed by atoms with van der Waals surface area (Å²) in [6, 6.07) is 8.12. The number of nitrogens with one attached hydrogen (secondary N) is 2. The highest BCUT2D eigenvalue weighted by atomic mass is 32.2. The number of para-hydroxylation sites is 2. The molecule has 4 nitrogen and oxygen atoms in total. The zero-order chi connectivity index (χ0) is 16.5. The Morgan fingerprint density at radius 1 is 1.22 bits per heavy atom. The molecule has 0 atom stereocenters. The number of rotatable bonds is 4. The largest absolute Gasteiger partial charge is 0.460 e. The zero-order valence-electron chi connectivity index (χ0n) is 14.1. The van der Waals surface area contributed by atoms with E-state index in [-0.39, 0.29) is 5.97 Å². The monoisotopic (exact) mass is 334 g/mol. The van der Waals surface area contributed by atoms with Crippen LogP contribution in [0.5, 0.6) is 0 Å². The summed E-state index contributed by atoms with van der Waals surface area (Å²) >= 11 is 1.85.